The summed E-state index contributed by atoms with van der Waals surface area (Å²) in [6.07, 6.45) is -0.469. The van der Waals surface area contributed by atoms with Gasteiger partial charge in [0.15, 0.2) is 0 Å². The van der Waals surface area contributed by atoms with Crippen molar-refractivity contribution in [3.8, 4) is 6.07 Å². The molecule has 1 aliphatic rings. The van der Waals surface area contributed by atoms with E-state index in [1.165, 1.54) is 5.01 Å². The minimum Gasteiger partial charge on any atom is -0.446 e. The number of carbonyl (C=O) groups excluding carboxylic acids is 1. The van der Waals surface area contributed by atoms with Gasteiger partial charge in [0, 0.05) is 5.92 Å². The third-order valence-corrected chi connectivity index (χ3v) is 5.14. The minimum atomic E-state index is -0.656. The van der Waals surface area contributed by atoms with E-state index in [1.54, 1.807) is 0 Å². The molecule has 5 nitrogen and oxygen atoms in total. The highest BCUT2D eigenvalue weighted by atomic mass is 16.6. The zero-order valence-corrected chi connectivity index (χ0v) is 15.8. The summed E-state index contributed by atoms with van der Waals surface area (Å²) in [5, 5.41) is 11.2. The van der Waals surface area contributed by atoms with E-state index in [2.05, 4.69) is 35.8 Å². The van der Waals surface area contributed by atoms with Crippen LogP contribution in [0.3, 0.4) is 0 Å². The molecule has 0 spiro atoms. The van der Waals surface area contributed by atoms with Crippen molar-refractivity contribution in [1.82, 2.24) is 10.4 Å². The van der Waals surface area contributed by atoms with Gasteiger partial charge in [0.2, 0.25) is 0 Å². The number of carbonyl (C=O) groups is 1. The summed E-state index contributed by atoms with van der Waals surface area (Å²) in [6.45, 7) is 0.243. The van der Waals surface area contributed by atoms with Gasteiger partial charge in [0.25, 0.3) is 0 Å². The molecule has 1 aliphatic heterocycles. The quantitative estimate of drug-likeness (QED) is 0.685. The van der Waals surface area contributed by atoms with Crippen LogP contribution in [0, 0.1) is 11.3 Å². The van der Waals surface area contributed by atoms with Crippen LogP contribution in [0.2, 0.25) is 0 Å². The van der Waals surface area contributed by atoms with Crippen molar-refractivity contribution in [3.63, 3.8) is 0 Å². The van der Waals surface area contributed by atoms with E-state index >= 15 is 0 Å². The largest absolute Gasteiger partial charge is 0.446 e. The topological polar surface area (TPSA) is 65.4 Å². The van der Waals surface area contributed by atoms with Crippen LogP contribution in [0.15, 0.2) is 91.0 Å². The van der Waals surface area contributed by atoms with E-state index in [9.17, 15) is 10.1 Å². The van der Waals surface area contributed by atoms with E-state index in [0.29, 0.717) is 0 Å². The first kappa shape index (κ1) is 18.7. The summed E-state index contributed by atoms with van der Waals surface area (Å²) in [6, 6.07) is 30.8. The van der Waals surface area contributed by atoms with Crippen molar-refractivity contribution in [2.45, 2.75) is 18.0 Å². The lowest BCUT2D eigenvalue weighted by atomic mass is 9.85. The molecule has 0 bridgehead atoms. The lowest BCUT2D eigenvalue weighted by molar-refractivity contribution is 0.134. The highest BCUT2D eigenvalue weighted by Crippen LogP contribution is 2.34. The number of amides is 1. The molecule has 0 saturated carbocycles. The van der Waals surface area contributed by atoms with E-state index in [0.717, 1.165) is 16.7 Å². The fraction of sp³-hybridized carbons (Fsp3) is 0.167. The molecule has 0 radical (unpaired) electrons. The average molecular weight is 383 g/mol. The number of nitrogens with zero attached hydrogens (tertiary/aromatic N) is 2. The number of cyclic esters (lactones) is 1. The maximum Gasteiger partial charge on any atom is 0.424 e. The summed E-state index contributed by atoms with van der Waals surface area (Å²) < 4.78 is 5.40. The Morgan fingerprint density at radius 3 is 1.83 bits per heavy atom. The van der Waals surface area contributed by atoms with Crippen LogP contribution in [0.4, 0.5) is 4.79 Å². The second-order valence-corrected chi connectivity index (χ2v) is 6.92. The Hall–Kier alpha value is -3.62. The van der Waals surface area contributed by atoms with Gasteiger partial charge in [-0.15, -0.1) is 0 Å². The fourth-order valence-electron chi connectivity index (χ4n) is 3.75. The first-order valence-electron chi connectivity index (χ1n) is 9.54. The van der Waals surface area contributed by atoms with Crippen LogP contribution >= 0.6 is 0 Å². The Morgan fingerprint density at radius 2 is 1.34 bits per heavy atom. The zero-order valence-electron chi connectivity index (χ0n) is 15.8. The van der Waals surface area contributed by atoms with Gasteiger partial charge in [0.1, 0.15) is 12.6 Å². The van der Waals surface area contributed by atoms with Crippen LogP contribution in [0.5, 0.6) is 0 Å². The Kier molecular flexibility index (Phi) is 5.55. The van der Waals surface area contributed by atoms with Gasteiger partial charge >= 0.3 is 6.09 Å². The first-order valence-corrected chi connectivity index (χ1v) is 9.54. The highest BCUT2D eigenvalue weighted by Gasteiger charge is 2.41. The van der Waals surface area contributed by atoms with Crippen molar-refractivity contribution in [1.29, 1.82) is 5.26 Å². The van der Waals surface area contributed by atoms with Gasteiger partial charge in [0.05, 0.1) is 12.1 Å². The van der Waals surface area contributed by atoms with E-state index < -0.39 is 12.1 Å². The predicted molar refractivity (Wildman–Crippen MR) is 110 cm³/mol. The van der Waals surface area contributed by atoms with Crippen molar-refractivity contribution in [3.05, 3.63) is 108 Å². The molecule has 144 valence electrons. The summed E-state index contributed by atoms with van der Waals surface area (Å²) in [7, 11) is 0. The molecule has 3 aromatic carbocycles. The molecule has 1 fully saturated rings. The summed E-state index contributed by atoms with van der Waals surface area (Å²) in [5.74, 6) is -0.0912. The number of hydrogen-bond acceptors (Lipinski definition) is 4. The van der Waals surface area contributed by atoms with E-state index in [-0.39, 0.29) is 18.6 Å². The number of benzene rings is 3. The van der Waals surface area contributed by atoms with Gasteiger partial charge in [-0.1, -0.05) is 91.0 Å². The summed E-state index contributed by atoms with van der Waals surface area (Å²) in [4.78, 5) is 12.6. The number of hydrazine groups is 1. The normalized spacial score (nSPS) is 17.0. The number of rotatable bonds is 6. The maximum absolute atomic E-state index is 12.6. The SMILES string of the molecule is N#C[C@H](NN1C(=O)OC[C@@H]1C(c1ccccc1)c1ccccc1)c1ccccc1. The lowest BCUT2D eigenvalue weighted by Gasteiger charge is -2.31. The molecule has 3 aromatic rings. The number of ether oxygens (including phenoxy) is 1. The molecule has 1 N–H and O–H groups in total. The Labute approximate surface area is 170 Å². The van der Waals surface area contributed by atoms with Gasteiger partial charge in [-0.2, -0.15) is 5.26 Å². The van der Waals surface area contributed by atoms with Crippen LogP contribution in [-0.4, -0.2) is 23.8 Å². The van der Waals surface area contributed by atoms with Crippen molar-refractivity contribution in [2.24, 2.45) is 0 Å². The summed E-state index contributed by atoms with van der Waals surface area (Å²) in [5.41, 5.74) is 6.07. The van der Waals surface area contributed by atoms with Crippen molar-refractivity contribution >= 4 is 6.09 Å². The van der Waals surface area contributed by atoms with Crippen LogP contribution in [0.1, 0.15) is 28.7 Å². The Morgan fingerprint density at radius 1 is 0.862 bits per heavy atom. The first-order chi connectivity index (χ1) is 14.3. The van der Waals surface area contributed by atoms with E-state index in [4.69, 9.17) is 4.74 Å². The van der Waals surface area contributed by atoms with Gasteiger partial charge in [-0.3, -0.25) is 0 Å². The molecule has 0 aliphatic carbocycles. The number of hydrogen-bond donors (Lipinski definition) is 1. The predicted octanol–water partition coefficient (Wildman–Crippen LogP) is 4.41. The maximum atomic E-state index is 12.6. The Balaban J connectivity index is 1.68. The number of nitrogens with one attached hydrogen (secondary N) is 1. The monoisotopic (exact) mass is 383 g/mol. The molecular formula is C24H21N3O2. The molecule has 4 rings (SSSR count). The standard InChI is InChI=1S/C24H21N3O2/c25-16-21(18-10-4-1-5-11-18)26-27-22(17-29-24(27)28)23(19-12-6-2-7-13-19)20-14-8-3-9-15-20/h1-15,21-23,26H,17H2/t21-,22+/m0/s1. The molecule has 0 aromatic heterocycles. The lowest BCUT2D eigenvalue weighted by Crippen LogP contribution is -2.48. The zero-order chi connectivity index (χ0) is 20.1. The second kappa shape index (κ2) is 8.59. The van der Waals surface area contributed by atoms with Crippen LogP contribution < -0.4 is 5.43 Å². The van der Waals surface area contributed by atoms with Crippen LogP contribution in [0.25, 0.3) is 0 Å². The third kappa shape index (κ3) is 3.98. The average Bonchev–Trinajstić information content (AvgIpc) is 3.14. The minimum absolute atomic E-state index is 0.0912. The number of nitriles is 1. The van der Waals surface area contributed by atoms with Crippen molar-refractivity contribution in [2.75, 3.05) is 6.61 Å². The molecule has 1 amide bonds. The molecular weight excluding hydrogens is 362 g/mol. The molecule has 5 heteroatoms. The van der Waals surface area contributed by atoms with Crippen LogP contribution in [-0.2, 0) is 4.74 Å². The molecule has 1 saturated heterocycles. The second-order valence-electron chi connectivity index (χ2n) is 6.92. The van der Waals surface area contributed by atoms with Gasteiger partial charge < -0.3 is 4.74 Å². The summed E-state index contributed by atoms with van der Waals surface area (Å²) >= 11 is 0. The van der Waals surface area contributed by atoms with Crippen molar-refractivity contribution < 1.29 is 9.53 Å². The third-order valence-electron chi connectivity index (χ3n) is 5.14. The highest BCUT2D eigenvalue weighted by molar-refractivity contribution is 5.70. The van der Waals surface area contributed by atoms with Gasteiger partial charge in [-0.25, -0.2) is 15.2 Å². The molecule has 2 atom stereocenters. The molecule has 29 heavy (non-hydrogen) atoms. The molecule has 0 unspecified atom stereocenters. The Bertz CT molecular complexity index is 947. The fourth-order valence-corrected chi connectivity index (χ4v) is 3.75. The van der Waals surface area contributed by atoms with Gasteiger partial charge in [-0.05, 0) is 16.7 Å². The molecule has 1 heterocycles. The van der Waals surface area contributed by atoms with E-state index in [1.807, 2.05) is 66.7 Å². The smallest absolute Gasteiger partial charge is 0.424 e.